The maximum absolute atomic E-state index is 5.47. The number of rotatable bonds is 5. The Morgan fingerprint density at radius 2 is 1.64 bits per heavy atom. The number of hydrogen-bond donors (Lipinski definition) is 2. The van der Waals surface area contributed by atoms with Crippen LogP contribution in [0.25, 0.3) is 0 Å². The van der Waals surface area contributed by atoms with Gasteiger partial charge in [-0.25, -0.2) is 0 Å². The Balaban J connectivity index is 2.02. The summed E-state index contributed by atoms with van der Waals surface area (Å²) in [5.74, 6) is 0.449. The molecule has 2 rings (SSSR count). The Hall–Kier alpha value is -1.87. The molecule has 2 aromatic carbocycles. The van der Waals surface area contributed by atoms with Crippen LogP contribution < -0.4 is 10.6 Å². The van der Waals surface area contributed by atoms with Crippen molar-refractivity contribution in [3.63, 3.8) is 0 Å². The van der Waals surface area contributed by atoms with Gasteiger partial charge in [0.05, 0.1) is 6.04 Å². The van der Waals surface area contributed by atoms with E-state index in [1.165, 1.54) is 11.1 Å². The summed E-state index contributed by atoms with van der Waals surface area (Å²) in [6, 6.07) is 19.0. The van der Waals surface area contributed by atoms with E-state index in [1.54, 1.807) is 0 Å². The molecule has 2 nitrogen and oxygen atoms in total. The molecular weight excluding hydrogens is 288 g/mol. The molecule has 0 fully saturated rings. The highest BCUT2D eigenvalue weighted by Crippen LogP contribution is 2.21. The lowest BCUT2D eigenvalue weighted by molar-refractivity contribution is 0.473. The number of aryl methyl sites for hydroxylation is 1. The average Bonchev–Trinajstić information content (AvgIpc) is 2.54. The van der Waals surface area contributed by atoms with Gasteiger partial charge in [-0.3, -0.25) is 0 Å². The Kier molecular flexibility index (Phi) is 5.96. The van der Waals surface area contributed by atoms with Crippen molar-refractivity contribution < 1.29 is 0 Å². The summed E-state index contributed by atoms with van der Waals surface area (Å²) in [4.78, 5) is 0. The molecule has 0 saturated heterocycles. The van der Waals surface area contributed by atoms with E-state index in [0.29, 0.717) is 11.0 Å². The lowest BCUT2D eigenvalue weighted by atomic mass is 9.96. The molecule has 0 aliphatic carbocycles. The molecule has 1 atom stereocenters. The first-order valence-electron chi connectivity index (χ1n) is 7.81. The Morgan fingerprint density at radius 1 is 1.00 bits per heavy atom. The lowest BCUT2D eigenvalue weighted by Crippen LogP contribution is -2.34. The van der Waals surface area contributed by atoms with Crippen molar-refractivity contribution in [1.29, 1.82) is 0 Å². The Morgan fingerprint density at radius 3 is 2.18 bits per heavy atom. The van der Waals surface area contributed by atoms with E-state index >= 15 is 0 Å². The normalized spacial score (nSPS) is 12.0. The van der Waals surface area contributed by atoms with Gasteiger partial charge in [0.2, 0.25) is 0 Å². The van der Waals surface area contributed by atoms with E-state index in [4.69, 9.17) is 12.2 Å². The van der Waals surface area contributed by atoms with Crippen LogP contribution in [0.1, 0.15) is 37.9 Å². The van der Waals surface area contributed by atoms with Gasteiger partial charge in [-0.2, -0.15) is 0 Å². The van der Waals surface area contributed by atoms with Crippen LogP contribution in [0.2, 0.25) is 0 Å². The number of hydrogen-bond acceptors (Lipinski definition) is 1. The van der Waals surface area contributed by atoms with Crippen LogP contribution >= 0.6 is 12.2 Å². The molecule has 0 heterocycles. The van der Waals surface area contributed by atoms with Gasteiger partial charge in [-0.15, -0.1) is 0 Å². The molecule has 0 bridgehead atoms. The topological polar surface area (TPSA) is 24.1 Å². The number of anilines is 1. The minimum atomic E-state index is 0.205. The fourth-order valence-corrected chi connectivity index (χ4v) is 2.67. The van der Waals surface area contributed by atoms with Crippen molar-refractivity contribution in [1.82, 2.24) is 5.32 Å². The predicted molar refractivity (Wildman–Crippen MR) is 99.2 cm³/mol. The van der Waals surface area contributed by atoms with Crippen molar-refractivity contribution in [2.75, 3.05) is 5.32 Å². The average molecular weight is 312 g/mol. The molecule has 0 aromatic heterocycles. The third-order valence-electron chi connectivity index (χ3n) is 3.73. The predicted octanol–water partition coefficient (Wildman–Crippen LogP) is 4.93. The third kappa shape index (κ3) is 4.57. The van der Waals surface area contributed by atoms with Crippen LogP contribution in [0.15, 0.2) is 54.6 Å². The van der Waals surface area contributed by atoms with Crippen LogP contribution in [0.4, 0.5) is 5.69 Å². The molecule has 0 spiro atoms. The quantitative estimate of drug-likeness (QED) is 0.765. The molecule has 0 unspecified atom stereocenters. The van der Waals surface area contributed by atoms with Crippen molar-refractivity contribution in [2.45, 2.75) is 33.2 Å². The largest absolute Gasteiger partial charge is 0.355 e. The van der Waals surface area contributed by atoms with E-state index in [2.05, 4.69) is 79.9 Å². The van der Waals surface area contributed by atoms with Crippen LogP contribution in [0.5, 0.6) is 0 Å². The van der Waals surface area contributed by atoms with Gasteiger partial charge >= 0.3 is 0 Å². The standard InChI is InChI=1S/C19H24N2S/c1-4-15-10-12-17(13-11-15)20-19(22)21-18(14(2)3)16-8-6-5-7-9-16/h5-14,18H,4H2,1-3H3,(H2,20,21,22)/t18-/m0/s1. The molecule has 2 N–H and O–H groups in total. The SMILES string of the molecule is CCc1ccc(NC(=S)N[C@H](c2ccccc2)C(C)C)cc1. The highest BCUT2D eigenvalue weighted by molar-refractivity contribution is 7.80. The number of benzene rings is 2. The van der Waals surface area contributed by atoms with E-state index < -0.39 is 0 Å². The van der Waals surface area contributed by atoms with Crippen molar-refractivity contribution in [2.24, 2.45) is 5.92 Å². The summed E-state index contributed by atoms with van der Waals surface area (Å²) in [6.45, 7) is 6.55. The van der Waals surface area contributed by atoms with Gasteiger partial charge in [0.15, 0.2) is 5.11 Å². The maximum atomic E-state index is 5.47. The monoisotopic (exact) mass is 312 g/mol. The highest BCUT2D eigenvalue weighted by Gasteiger charge is 2.16. The zero-order valence-electron chi connectivity index (χ0n) is 13.5. The maximum Gasteiger partial charge on any atom is 0.171 e. The first kappa shape index (κ1) is 16.5. The van der Waals surface area contributed by atoms with E-state index in [1.807, 2.05) is 6.07 Å². The molecule has 116 valence electrons. The van der Waals surface area contributed by atoms with Gasteiger partial charge in [-0.1, -0.05) is 63.2 Å². The van der Waals surface area contributed by atoms with E-state index in [0.717, 1.165) is 12.1 Å². The highest BCUT2D eigenvalue weighted by atomic mass is 32.1. The fourth-order valence-electron chi connectivity index (χ4n) is 2.43. The Bertz CT molecular complexity index is 591. The summed E-state index contributed by atoms with van der Waals surface area (Å²) < 4.78 is 0. The molecule has 0 aliphatic rings. The van der Waals surface area contributed by atoms with Gasteiger partial charge < -0.3 is 10.6 Å². The number of thiocarbonyl (C=S) groups is 1. The molecule has 0 aliphatic heterocycles. The lowest BCUT2D eigenvalue weighted by Gasteiger charge is -2.24. The second-order valence-corrected chi connectivity index (χ2v) is 6.19. The molecule has 22 heavy (non-hydrogen) atoms. The van der Waals surface area contributed by atoms with Gasteiger partial charge in [0, 0.05) is 5.69 Å². The van der Waals surface area contributed by atoms with Gasteiger partial charge in [-0.05, 0) is 47.8 Å². The summed E-state index contributed by atoms with van der Waals surface area (Å²) in [5.41, 5.74) is 3.60. The first-order valence-corrected chi connectivity index (χ1v) is 8.22. The molecule has 0 amide bonds. The summed E-state index contributed by atoms with van der Waals surface area (Å²) in [5, 5.41) is 7.36. The summed E-state index contributed by atoms with van der Waals surface area (Å²) in [7, 11) is 0. The summed E-state index contributed by atoms with van der Waals surface area (Å²) >= 11 is 5.47. The Labute approximate surface area is 139 Å². The second kappa shape index (κ2) is 7.95. The van der Waals surface area contributed by atoms with Crippen LogP contribution in [-0.2, 0) is 6.42 Å². The molecule has 3 heteroatoms. The van der Waals surface area contributed by atoms with Crippen LogP contribution in [0, 0.1) is 5.92 Å². The number of nitrogens with one attached hydrogen (secondary N) is 2. The molecule has 0 radical (unpaired) electrons. The van der Waals surface area contributed by atoms with Crippen LogP contribution in [0.3, 0.4) is 0 Å². The van der Waals surface area contributed by atoms with Crippen molar-refractivity contribution >= 4 is 23.0 Å². The van der Waals surface area contributed by atoms with E-state index in [9.17, 15) is 0 Å². The zero-order chi connectivity index (χ0) is 15.9. The smallest absolute Gasteiger partial charge is 0.171 e. The first-order chi connectivity index (χ1) is 10.6. The second-order valence-electron chi connectivity index (χ2n) is 5.78. The van der Waals surface area contributed by atoms with Crippen LogP contribution in [-0.4, -0.2) is 5.11 Å². The fraction of sp³-hybridized carbons (Fsp3) is 0.316. The molecule has 2 aromatic rings. The third-order valence-corrected chi connectivity index (χ3v) is 3.95. The molecule has 0 saturated carbocycles. The van der Waals surface area contributed by atoms with Gasteiger partial charge in [0.1, 0.15) is 0 Å². The molecular formula is C19H24N2S. The minimum absolute atomic E-state index is 0.205. The van der Waals surface area contributed by atoms with Gasteiger partial charge in [0.25, 0.3) is 0 Å². The minimum Gasteiger partial charge on any atom is -0.355 e. The zero-order valence-corrected chi connectivity index (χ0v) is 14.3. The van der Waals surface area contributed by atoms with Crippen molar-refractivity contribution in [3.05, 3.63) is 65.7 Å². The van der Waals surface area contributed by atoms with E-state index in [-0.39, 0.29) is 6.04 Å². The van der Waals surface area contributed by atoms with Crippen molar-refractivity contribution in [3.8, 4) is 0 Å². The summed E-state index contributed by atoms with van der Waals surface area (Å²) in [6.07, 6.45) is 1.05.